The molecule has 0 aromatic carbocycles. The zero-order valence-corrected chi connectivity index (χ0v) is 8.92. The molecular formula is C9H14N2O4. The van der Waals surface area contributed by atoms with Gasteiger partial charge in [0.1, 0.15) is 5.60 Å². The number of rotatable bonds is 1. The molecule has 84 valence electrons. The third kappa shape index (κ3) is 2.33. The smallest absolute Gasteiger partial charge is 0.337 e. The van der Waals surface area contributed by atoms with Crippen molar-refractivity contribution in [2.75, 3.05) is 0 Å². The SMILES string of the molecule is CC(C)(C)OC(=O)C1(N)CC(=O)NC1=O. The maximum Gasteiger partial charge on any atom is 0.337 e. The minimum atomic E-state index is -1.87. The summed E-state index contributed by atoms with van der Waals surface area (Å²) in [5.74, 6) is -2.24. The molecule has 0 bridgehead atoms. The molecular weight excluding hydrogens is 200 g/mol. The third-order valence-electron chi connectivity index (χ3n) is 1.86. The van der Waals surface area contributed by atoms with Gasteiger partial charge in [-0.25, -0.2) is 4.79 Å². The Labute approximate surface area is 87.1 Å². The maximum atomic E-state index is 11.6. The Kier molecular flexibility index (Phi) is 2.56. The Hall–Kier alpha value is -1.43. The molecule has 15 heavy (non-hydrogen) atoms. The van der Waals surface area contributed by atoms with Crippen LogP contribution in [0.1, 0.15) is 27.2 Å². The van der Waals surface area contributed by atoms with E-state index < -0.39 is 28.9 Å². The number of ether oxygens (including phenoxy) is 1. The molecule has 3 N–H and O–H groups in total. The fraction of sp³-hybridized carbons (Fsp3) is 0.667. The predicted molar refractivity (Wildman–Crippen MR) is 50.5 cm³/mol. The van der Waals surface area contributed by atoms with Gasteiger partial charge in [-0.3, -0.25) is 14.9 Å². The van der Waals surface area contributed by atoms with Gasteiger partial charge in [-0.15, -0.1) is 0 Å². The highest BCUT2D eigenvalue weighted by atomic mass is 16.6. The first-order chi connectivity index (χ1) is 6.65. The summed E-state index contributed by atoms with van der Waals surface area (Å²) >= 11 is 0. The van der Waals surface area contributed by atoms with Gasteiger partial charge >= 0.3 is 5.97 Å². The van der Waals surface area contributed by atoms with Gasteiger partial charge in [0.15, 0.2) is 0 Å². The van der Waals surface area contributed by atoms with Crippen LogP contribution in [-0.2, 0) is 19.1 Å². The first-order valence-electron chi connectivity index (χ1n) is 4.52. The summed E-state index contributed by atoms with van der Waals surface area (Å²) in [5, 5.41) is 1.97. The molecule has 0 aliphatic carbocycles. The topological polar surface area (TPSA) is 98.5 Å². The van der Waals surface area contributed by atoms with Crippen LogP contribution in [0.5, 0.6) is 0 Å². The average Bonchev–Trinajstić information content (AvgIpc) is 2.23. The zero-order chi connectivity index (χ0) is 11.9. The highest BCUT2D eigenvalue weighted by Crippen LogP contribution is 2.19. The van der Waals surface area contributed by atoms with Gasteiger partial charge in [-0.05, 0) is 20.8 Å². The van der Waals surface area contributed by atoms with Crippen LogP contribution < -0.4 is 11.1 Å². The molecule has 0 aromatic rings. The predicted octanol–water partition coefficient (Wildman–Crippen LogP) is -0.928. The molecule has 1 heterocycles. The van der Waals surface area contributed by atoms with E-state index >= 15 is 0 Å². The third-order valence-corrected chi connectivity index (χ3v) is 1.86. The zero-order valence-electron chi connectivity index (χ0n) is 8.92. The van der Waals surface area contributed by atoms with Gasteiger partial charge in [0.2, 0.25) is 11.4 Å². The second-order valence-electron chi connectivity index (χ2n) is 4.53. The number of esters is 1. The molecule has 2 amide bonds. The first-order valence-corrected chi connectivity index (χ1v) is 4.52. The van der Waals surface area contributed by atoms with Crippen molar-refractivity contribution in [2.24, 2.45) is 5.73 Å². The van der Waals surface area contributed by atoms with Crippen molar-refractivity contribution >= 4 is 17.8 Å². The second kappa shape index (κ2) is 3.30. The monoisotopic (exact) mass is 214 g/mol. The van der Waals surface area contributed by atoms with Crippen LogP contribution in [0.4, 0.5) is 0 Å². The van der Waals surface area contributed by atoms with Crippen molar-refractivity contribution in [1.82, 2.24) is 5.32 Å². The van der Waals surface area contributed by atoms with E-state index in [2.05, 4.69) is 0 Å². The van der Waals surface area contributed by atoms with Crippen LogP contribution in [0, 0.1) is 0 Å². The molecule has 6 heteroatoms. The van der Waals surface area contributed by atoms with Gasteiger partial charge in [-0.2, -0.15) is 0 Å². The van der Waals surface area contributed by atoms with E-state index in [1.807, 2.05) is 5.32 Å². The largest absolute Gasteiger partial charge is 0.458 e. The lowest BCUT2D eigenvalue weighted by molar-refractivity contribution is -0.163. The number of amides is 2. The van der Waals surface area contributed by atoms with Crippen LogP contribution in [0.3, 0.4) is 0 Å². The van der Waals surface area contributed by atoms with E-state index in [4.69, 9.17) is 10.5 Å². The molecule has 1 atom stereocenters. The van der Waals surface area contributed by atoms with E-state index in [-0.39, 0.29) is 6.42 Å². The Morgan fingerprint density at radius 1 is 1.47 bits per heavy atom. The van der Waals surface area contributed by atoms with Crippen LogP contribution in [-0.4, -0.2) is 28.9 Å². The number of nitrogens with one attached hydrogen (secondary N) is 1. The molecule has 0 aromatic heterocycles. The van der Waals surface area contributed by atoms with E-state index in [1.54, 1.807) is 20.8 Å². The van der Waals surface area contributed by atoms with Crippen LogP contribution in [0.15, 0.2) is 0 Å². The van der Waals surface area contributed by atoms with Gasteiger partial charge in [0, 0.05) is 0 Å². The number of nitrogens with two attached hydrogens (primary N) is 1. The average molecular weight is 214 g/mol. The Morgan fingerprint density at radius 3 is 2.33 bits per heavy atom. The summed E-state index contributed by atoms with van der Waals surface area (Å²) in [6.07, 6.45) is -0.360. The molecule has 1 aliphatic rings. The van der Waals surface area contributed by atoms with E-state index in [0.29, 0.717) is 0 Å². The fourth-order valence-corrected chi connectivity index (χ4v) is 1.15. The normalized spacial score (nSPS) is 26.4. The molecule has 1 rings (SSSR count). The number of imide groups is 1. The van der Waals surface area contributed by atoms with Crippen molar-refractivity contribution in [1.29, 1.82) is 0 Å². The number of carbonyl (C=O) groups is 3. The van der Waals surface area contributed by atoms with E-state index in [0.717, 1.165) is 0 Å². The van der Waals surface area contributed by atoms with Gasteiger partial charge in [-0.1, -0.05) is 0 Å². The van der Waals surface area contributed by atoms with Crippen molar-refractivity contribution in [3.8, 4) is 0 Å². The van der Waals surface area contributed by atoms with Crippen molar-refractivity contribution in [3.63, 3.8) is 0 Å². The fourth-order valence-electron chi connectivity index (χ4n) is 1.15. The summed E-state index contributed by atoms with van der Waals surface area (Å²) in [6, 6.07) is 0. The first kappa shape index (κ1) is 11.6. The molecule has 1 unspecified atom stereocenters. The minimum absolute atomic E-state index is 0.360. The summed E-state index contributed by atoms with van der Waals surface area (Å²) in [6.45, 7) is 4.97. The van der Waals surface area contributed by atoms with Crippen LogP contribution >= 0.6 is 0 Å². The molecule has 1 fully saturated rings. The summed E-state index contributed by atoms with van der Waals surface area (Å²) in [4.78, 5) is 33.8. The highest BCUT2D eigenvalue weighted by molar-refractivity contribution is 6.19. The van der Waals surface area contributed by atoms with Crippen molar-refractivity contribution in [3.05, 3.63) is 0 Å². The molecule has 0 spiro atoms. The minimum Gasteiger partial charge on any atom is -0.458 e. The molecule has 6 nitrogen and oxygen atoms in total. The Morgan fingerprint density at radius 2 is 2.00 bits per heavy atom. The lowest BCUT2D eigenvalue weighted by Crippen LogP contribution is -2.56. The Bertz CT molecular complexity index is 331. The van der Waals surface area contributed by atoms with E-state index in [9.17, 15) is 14.4 Å². The molecule has 1 aliphatic heterocycles. The van der Waals surface area contributed by atoms with Crippen LogP contribution in [0.2, 0.25) is 0 Å². The van der Waals surface area contributed by atoms with Crippen LogP contribution in [0.25, 0.3) is 0 Å². The van der Waals surface area contributed by atoms with Gasteiger partial charge in [0.25, 0.3) is 5.91 Å². The second-order valence-corrected chi connectivity index (χ2v) is 4.53. The lowest BCUT2D eigenvalue weighted by atomic mass is 9.99. The van der Waals surface area contributed by atoms with Gasteiger partial charge < -0.3 is 10.5 Å². The summed E-state index contributed by atoms with van der Waals surface area (Å²) in [5.41, 5.74) is 2.92. The number of carbonyl (C=O) groups excluding carboxylic acids is 3. The van der Waals surface area contributed by atoms with Crippen molar-refractivity contribution < 1.29 is 19.1 Å². The van der Waals surface area contributed by atoms with Gasteiger partial charge in [0.05, 0.1) is 6.42 Å². The maximum absolute atomic E-state index is 11.6. The molecule has 0 saturated carbocycles. The summed E-state index contributed by atoms with van der Waals surface area (Å²) in [7, 11) is 0. The standard InChI is InChI=1S/C9H14N2O4/c1-8(2,3)15-7(14)9(10)4-5(12)11-6(9)13/h4,10H2,1-3H3,(H,11,12,13). The Balaban J connectivity index is 2.83. The van der Waals surface area contributed by atoms with Crippen molar-refractivity contribution in [2.45, 2.75) is 38.3 Å². The quantitative estimate of drug-likeness (QED) is 0.334. The number of hydrogen-bond acceptors (Lipinski definition) is 5. The molecule has 0 radical (unpaired) electrons. The summed E-state index contributed by atoms with van der Waals surface area (Å²) < 4.78 is 4.97. The number of hydrogen-bond donors (Lipinski definition) is 2. The molecule has 1 saturated heterocycles. The lowest BCUT2D eigenvalue weighted by Gasteiger charge is -2.25. The van der Waals surface area contributed by atoms with E-state index in [1.165, 1.54) is 0 Å². The highest BCUT2D eigenvalue weighted by Gasteiger charge is 2.52.